The molecular weight excluding hydrogens is 408 g/mol. The van der Waals surface area contributed by atoms with Gasteiger partial charge in [0, 0.05) is 23.1 Å². The molecule has 2 amide bonds. The lowest BCUT2D eigenvalue weighted by Crippen LogP contribution is -2.44. The number of halogens is 1. The summed E-state index contributed by atoms with van der Waals surface area (Å²) in [4.78, 5) is 26.3. The van der Waals surface area contributed by atoms with E-state index in [1.165, 1.54) is 0 Å². The second-order valence-electron chi connectivity index (χ2n) is 6.64. The zero-order valence-electron chi connectivity index (χ0n) is 15.1. The first-order valence-corrected chi connectivity index (χ1v) is 9.90. The Kier molecular flexibility index (Phi) is 6.87. The highest BCUT2D eigenvalue weighted by atomic mass is 79.9. The zero-order chi connectivity index (χ0) is 19.1. The molecule has 0 atom stereocenters. The molecule has 1 aliphatic rings. The highest BCUT2D eigenvalue weighted by Crippen LogP contribution is 2.19. The minimum Gasteiger partial charge on any atom is -0.493 e. The summed E-state index contributed by atoms with van der Waals surface area (Å²) in [6, 6.07) is 16.9. The van der Waals surface area contributed by atoms with Crippen molar-refractivity contribution in [3.05, 3.63) is 64.6 Å². The van der Waals surface area contributed by atoms with Crippen molar-refractivity contribution in [2.45, 2.75) is 12.8 Å². The summed E-state index contributed by atoms with van der Waals surface area (Å²) in [6.45, 7) is 2.10. The van der Waals surface area contributed by atoms with E-state index in [1.54, 1.807) is 18.2 Å². The van der Waals surface area contributed by atoms with Crippen molar-refractivity contribution in [3.8, 4) is 5.75 Å². The number of nitrogens with zero attached hydrogens (tertiary/aromatic N) is 1. The summed E-state index contributed by atoms with van der Waals surface area (Å²) in [5.74, 6) is 1.05. The van der Waals surface area contributed by atoms with Crippen LogP contribution in [0.2, 0.25) is 0 Å². The summed E-state index contributed by atoms with van der Waals surface area (Å²) in [5.41, 5.74) is 0.536. The Bertz CT molecular complexity index is 774. The third kappa shape index (κ3) is 5.82. The van der Waals surface area contributed by atoms with Crippen LogP contribution in [-0.2, 0) is 4.79 Å². The van der Waals surface area contributed by atoms with Crippen LogP contribution in [0, 0.1) is 5.92 Å². The van der Waals surface area contributed by atoms with E-state index in [0.717, 1.165) is 23.1 Å². The number of piperidine rings is 1. The number of carbonyl (C=O) groups is 2. The van der Waals surface area contributed by atoms with Crippen LogP contribution in [-0.4, -0.2) is 43.0 Å². The number of amides is 2. The van der Waals surface area contributed by atoms with Gasteiger partial charge in [-0.05, 0) is 49.1 Å². The van der Waals surface area contributed by atoms with Crippen LogP contribution in [0.1, 0.15) is 23.2 Å². The molecule has 2 aromatic rings. The fourth-order valence-corrected chi connectivity index (χ4v) is 3.48. The Morgan fingerprint density at radius 3 is 2.52 bits per heavy atom. The summed E-state index contributed by atoms with van der Waals surface area (Å²) in [5, 5.41) is 2.71. The van der Waals surface area contributed by atoms with Crippen molar-refractivity contribution in [1.29, 1.82) is 0 Å². The second-order valence-corrected chi connectivity index (χ2v) is 7.56. The van der Waals surface area contributed by atoms with Gasteiger partial charge in [-0.25, -0.2) is 0 Å². The summed E-state index contributed by atoms with van der Waals surface area (Å²) in [7, 11) is 0. The predicted octanol–water partition coefficient (Wildman–Crippen LogP) is 3.50. The number of hydrogen-bond acceptors (Lipinski definition) is 3. The number of carbonyl (C=O) groups excluding carboxylic acids is 2. The molecule has 1 saturated heterocycles. The molecule has 0 spiro atoms. The highest BCUT2D eigenvalue weighted by Gasteiger charge is 2.23. The van der Waals surface area contributed by atoms with Crippen LogP contribution >= 0.6 is 15.9 Å². The van der Waals surface area contributed by atoms with Crippen molar-refractivity contribution in [3.63, 3.8) is 0 Å². The molecule has 1 aliphatic heterocycles. The standard InChI is InChI=1S/C21H23BrN2O3/c22-18-6-4-5-17(13-18)21(26)23-14-20(25)24-11-9-16(10-12-24)15-27-19-7-2-1-3-8-19/h1-8,13,16H,9-12,14-15H2,(H,23,26). The minimum absolute atomic E-state index is 0.0243. The lowest BCUT2D eigenvalue weighted by Gasteiger charge is -2.32. The lowest BCUT2D eigenvalue weighted by molar-refractivity contribution is -0.131. The van der Waals surface area contributed by atoms with E-state index in [4.69, 9.17) is 4.74 Å². The molecule has 0 saturated carbocycles. The average Bonchev–Trinajstić information content (AvgIpc) is 2.71. The van der Waals surface area contributed by atoms with E-state index in [-0.39, 0.29) is 18.4 Å². The molecule has 0 aliphatic carbocycles. The molecule has 0 bridgehead atoms. The normalized spacial score (nSPS) is 14.6. The highest BCUT2D eigenvalue weighted by molar-refractivity contribution is 9.10. The summed E-state index contributed by atoms with van der Waals surface area (Å²) < 4.78 is 6.65. The van der Waals surface area contributed by atoms with Gasteiger partial charge in [0.25, 0.3) is 5.91 Å². The maximum absolute atomic E-state index is 12.4. The SMILES string of the molecule is O=C(NCC(=O)N1CCC(COc2ccccc2)CC1)c1cccc(Br)c1. The van der Waals surface area contributed by atoms with E-state index < -0.39 is 0 Å². The third-order valence-corrected chi connectivity index (χ3v) is 5.18. The number of nitrogens with one attached hydrogen (secondary N) is 1. The van der Waals surface area contributed by atoms with Crippen LogP contribution in [0.25, 0.3) is 0 Å². The Morgan fingerprint density at radius 2 is 1.81 bits per heavy atom. The Morgan fingerprint density at radius 1 is 1.07 bits per heavy atom. The number of likely N-dealkylation sites (tertiary alicyclic amines) is 1. The number of rotatable bonds is 6. The minimum atomic E-state index is -0.240. The second kappa shape index (κ2) is 9.55. The summed E-state index contributed by atoms with van der Waals surface area (Å²) in [6.07, 6.45) is 1.83. The van der Waals surface area contributed by atoms with Crippen molar-refractivity contribution in [2.75, 3.05) is 26.2 Å². The first-order chi connectivity index (χ1) is 13.1. The quantitative estimate of drug-likeness (QED) is 0.762. The van der Waals surface area contributed by atoms with E-state index >= 15 is 0 Å². The average molecular weight is 431 g/mol. The first-order valence-electron chi connectivity index (χ1n) is 9.11. The van der Waals surface area contributed by atoms with Crippen LogP contribution in [0.3, 0.4) is 0 Å². The fourth-order valence-electron chi connectivity index (χ4n) is 3.08. The summed E-state index contributed by atoms with van der Waals surface area (Å²) >= 11 is 3.34. The molecule has 27 heavy (non-hydrogen) atoms. The molecule has 5 nitrogen and oxygen atoms in total. The monoisotopic (exact) mass is 430 g/mol. The van der Waals surface area contributed by atoms with E-state index in [0.29, 0.717) is 31.2 Å². The van der Waals surface area contributed by atoms with E-state index in [2.05, 4.69) is 21.2 Å². The Balaban J connectivity index is 1.38. The van der Waals surface area contributed by atoms with Crippen molar-refractivity contribution < 1.29 is 14.3 Å². The maximum atomic E-state index is 12.4. The molecule has 3 rings (SSSR count). The number of hydrogen-bond donors (Lipinski definition) is 1. The topological polar surface area (TPSA) is 58.6 Å². The van der Waals surface area contributed by atoms with E-state index in [9.17, 15) is 9.59 Å². The maximum Gasteiger partial charge on any atom is 0.251 e. The molecular formula is C21H23BrN2O3. The molecule has 0 unspecified atom stereocenters. The molecule has 2 aromatic carbocycles. The number of para-hydroxylation sites is 1. The smallest absolute Gasteiger partial charge is 0.251 e. The molecule has 142 valence electrons. The number of ether oxygens (including phenoxy) is 1. The van der Waals surface area contributed by atoms with Gasteiger partial charge in [0.05, 0.1) is 13.2 Å². The van der Waals surface area contributed by atoms with Crippen LogP contribution in [0.15, 0.2) is 59.1 Å². The van der Waals surface area contributed by atoms with Crippen LogP contribution < -0.4 is 10.1 Å². The van der Waals surface area contributed by atoms with E-state index in [1.807, 2.05) is 41.3 Å². The van der Waals surface area contributed by atoms with Crippen molar-refractivity contribution in [1.82, 2.24) is 10.2 Å². The molecule has 6 heteroatoms. The van der Waals surface area contributed by atoms with Gasteiger partial charge in [-0.2, -0.15) is 0 Å². The van der Waals surface area contributed by atoms with Gasteiger partial charge in [-0.1, -0.05) is 40.2 Å². The van der Waals surface area contributed by atoms with Gasteiger partial charge in [-0.15, -0.1) is 0 Å². The van der Waals surface area contributed by atoms with Gasteiger partial charge in [0.2, 0.25) is 5.91 Å². The Hall–Kier alpha value is -2.34. The van der Waals surface area contributed by atoms with Crippen LogP contribution in [0.5, 0.6) is 5.75 Å². The fraction of sp³-hybridized carbons (Fsp3) is 0.333. The predicted molar refractivity (Wildman–Crippen MR) is 108 cm³/mol. The molecule has 1 N–H and O–H groups in total. The molecule has 0 aromatic heterocycles. The van der Waals surface area contributed by atoms with Gasteiger partial charge in [-0.3, -0.25) is 9.59 Å². The first kappa shape index (κ1) is 19.4. The molecule has 1 fully saturated rings. The lowest BCUT2D eigenvalue weighted by atomic mass is 9.98. The third-order valence-electron chi connectivity index (χ3n) is 4.68. The largest absolute Gasteiger partial charge is 0.493 e. The van der Waals surface area contributed by atoms with Gasteiger partial charge in [0.15, 0.2) is 0 Å². The van der Waals surface area contributed by atoms with Gasteiger partial charge < -0.3 is 15.0 Å². The van der Waals surface area contributed by atoms with Crippen molar-refractivity contribution >= 4 is 27.7 Å². The molecule has 0 radical (unpaired) electrons. The van der Waals surface area contributed by atoms with Gasteiger partial charge >= 0.3 is 0 Å². The Labute approximate surface area is 167 Å². The van der Waals surface area contributed by atoms with Crippen molar-refractivity contribution in [2.24, 2.45) is 5.92 Å². The molecule has 1 heterocycles. The number of benzene rings is 2. The van der Waals surface area contributed by atoms with Gasteiger partial charge in [0.1, 0.15) is 5.75 Å². The van der Waals surface area contributed by atoms with Crippen LogP contribution in [0.4, 0.5) is 0 Å². The zero-order valence-corrected chi connectivity index (χ0v) is 16.7.